The van der Waals surface area contributed by atoms with E-state index in [2.05, 4.69) is 21.9 Å². The molecule has 0 radical (unpaired) electrons. The molecule has 7 nitrogen and oxygen atoms in total. The fourth-order valence-corrected chi connectivity index (χ4v) is 3.59. The second kappa shape index (κ2) is 11.5. The predicted octanol–water partition coefficient (Wildman–Crippen LogP) is 2.45. The Bertz CT molecular complexity index is 1090. The predicted molar refractivity (Wildman–Crippen MR) is 120 cm³/mol. The molecule has 0 saturated carbocycles. The van der Waals surface area contributed by atoms with Gasteiger partial charge in [-0.15, -0.1) is 0 Å². The van der Waals surface area contributed by atoms with Crippen molar-refractivity contribution >= 4 is 15.9 Å². The van der Waals surface area contributed by atoms with E-state index in [4.69, 9.17) is 9.47 Å². The molecule has 1 unspecified atom stereocenters. The van der Waals surface area contributed by atoms with Crippen molar-refractivity contribution in [2.45, 2.75) is 26.4 Å². The highest BCUT2D eigenvalue weighted by molar-refractivity contribution is 7.88. The second-order valence-corrected chi connectivity index (χ2v) is 9.19. The summed E-state index contributed by atoms with van der Waals surface area (Å²) in [5.74, 6) is 5.73. The van der Waals surface area contributed by atoms with Gasteiger partial charge in [-0.1, -0.05) is 31.8 Å². The van der Waals surface area contributed by atoms with Crippen LogP contribution in [0, 0.1) is 23.6 Å². The molecule has 2 aromatic rings. The van der Waals surface area contributed by atoms with E-state index in [1.807, 2.05) is 0 Å². The van der Waals surface area contributed by atoms with Gasteiger partial charge < -0.3 is 14.8 Å². The standard InChI is InChI=1S/C23H27FN2O5S/c1-16(2)22(26-32(4,28)29)23(27)25-15-18-9-12-20(21(14-18)30-3)31-13-5-6-17-7-10-19(24)11-8-17/h7-12,14,16,22,26H,13,15H2,1-4H3,(H,25,27). The molecule has 0 aliphatic rings. The number of amides is 1. The fourth-order valence-electron chi connectivity index (χ4n) is 2.75. The van der Waals surface area contributed by atoms with Crippen LogP contribution in [0.15, 0.2) is 42.5 Å². The van der Waals surface area contributed by atoms with Crippen LogP contribution in [-0.2, 0) is 21.4 Å². The Morgan fingerprint density at radius 3 is 2.41 bits per heavy atom. The van der Waals surface area contributed by atoms with Crippen molar-refractivity contribution in [2.24, 2.45) is 5.92 Å². The van der Waals surface area contributed by atoms with Crippen molar-refractivity contribution in [3.8, 4) is 23.3 Å². The molecule has 172 valence electrons. The number of halogens is 1. The molecule has 2 aromatic carbocycles. The summed E-state index contributed by atoms with van der Waals surface area (Å²) >= 11 is 0. The van der Waals surface area contributed by atoms with Gasteiger partial charge in [0.1, 0.15) is 18.5 Å². The molecule has 2 N–H and O–H groups in total. The lowest BCUT2D eigenvalue weighted by Gasteiger charge is -2.20. The molecule has 32 heavy (non-hydrogen) atoms. The number of ether oxygens (including phenoxy) is 2. The van der Waals surface area contributed by atoms with Crippen LogP contribution in [0.4, 0.5) is 4.39 Å². The van der Waals surface area contributed by atoms with Crippen LogP contribution in [0.1, 0.15) is 25.0 Å². The zero-order chi connectivity index (χ0) is 23.7. The van der Waals surface area contributed by atoms with Crippen LogP contribution >= 0.6 is 0 Å². The molecular formula is C23H27FN2O5S. The number of benzene rings is 2. The third-order valence-electron chi connectivity index (χ3n) is 4.36. The minimum atomic E-state index is -3.52. The monoisotopic (exact) mass is 462 g/mol. The van der Waals surface area contributed by atoms with Gasteiger partial charge in [-0.2, -0.15) is 0 Å². The number of nitrogens with one attached hydrogen (secondary N) is 2. The maximum Gasteiger partial charge on any atom is 0.238 e. The van der Waals surface area contributed by atoms with E-state index in [1.54, 1.807) is 44.2 Å². The number of methoxy groups -OCH3 is 1. The van der Waals surface area contributed by atoms with Crippen molar-refractivity contribution in [1.82, 2.24) is 10.0 Å². The van der Waals surface area contributed by atoms with E-state index in [0.717, 1.165) is 11.8 Å². The lowest BCUT2D eigenvalue weighted by atomic mass is 10.0. The van der Waals surface area contributed by atoms with Crippen LogP contribution in [-0.4, -0.2) is 40.3 Å². The van der Waals surface area contributed by atoms with E-state index in [0.29, 0.717) is 17.1 Å². The first kappa shape index (κ1) is 25.2. The van der Waals surface area contributed by atoms with E-state index in [1.165, 1.54) is 19.2 Å². The molecule has 2 rings (SSSR count). The smallest absolute Gasteiger partial charge is 0.238 e. The summed E-state index contributed by atoms with van der Waals surface area (Å²) in [4.78, 5) is 12.4. The minimum absolute atomic E-state index is 0.108. The number of hydrogen-bond donors (Lipinski definition) is 2. The first-order chi connectivity index (χ1) is 15.1. The normalized spacial score (nSPS) is 11.9. The van der Waals surface area contributed by atoms with E-state index < -0.39 is 22.0 Å². The van der Waals surface area contributed by atoms with Crippen molar-refractivity contribution in [2.75, 3.05) is 20.0 Å². The SMILES string of the molecule is COc1cc(CNC(=O)C(NS(C)(=O)=O)C(C)C)ccc1OCC#Cc1ccc(F)cc1. The van der Waals surface area contributed by atoms with Gasteiger partial charge in [-0.3, -0.25) is 4.79 Å². The Labute approximate surface area is 188 Å². The van der Waals surface area contributed by atoms with E-state index >= 15 is 0 Å². The number of rotatable bonds is 9. The summed E-state index contributed by atoms with van der Waals surface area (Å²) in [6.45, 7) is 3.82. The summed E-state index contributed by atoms with van der Waals surface area (Å²) in [6.07, 6.45) is 1.02. The zero-order valence-corrected chi connectivity index (χ0v) is 19.3. The summed E-state index contributed by atoms with van der Waals surface area (Å²) in [7, 11) is -2.02. The van der Waals surface area contributed by atoms with E-state index in [-0.39, 0.29) is 24.9 Å². The Hall–Kier alpha value is -3.09. The van der Waals surface area contributed by atoms with Gasteiger partial charge in [0, 0.05) is 12.1 Å². The average Bonchev–Trinajstić information content (AvgIpc) is 2.74. The number of carbonyl (C=O) groups is 1. The van der Waals surface area contributed by atoms with Gasteiger partial charge in [-0.25, -0.2) is 17.5 Å². The molecule has 0 aromatic heterocycles. The van der Waals surface area contributed by atoms with Gasteiger partial charge >= 0.3 is 0 Å². The first-order valence-electron chi connectivity index (χ1n) is 9.88. The Morgan fingerprint density at radius 2 is 1.81 bits per heavy atom. The van der Waals surface area contributed by atoms with Crippen LogP contribution in [0.3, 0.4) is 0 Å². The highest BCUT2D eigenvalue weighted by Crippen LogP contribution is 2.28. The van der Waals surface area contributed by atoms with Gasteiger partial charge in [0.2, 0.25) is 15.9 Å². The van der Waals surface area contributed by atoms with Crippen molar-refractivity contribution < 1.29 is 27.1 Å². The van der Waals surface area contributed by atoms with Crippen LogP contribution in [0.2, 0.25) is 0 Å². The molecule has 0 spiro atoms. The summed E-state index contributed by atoms with van der Waals surface area (Å²) in [5, 5.41) is 2.74. The largest absolute Gasteiger partial charge is 0.493 e. The average molecular weight is 463 g/mol. The summed E-state index contributed by atoms with van der Waals surface area (Å²) in [6, 6.07) is 10.2. The van der Waals surface area contributed by atoms with Gasteiger partial charge in [0.25, 0.3) is 0 Å². The topological polar surface area (TPSA) is 93.7 Å². The Balaban J connectivity index is 1.97. The maximum absolute atomic E-state index is 12.9. The molecule has 1 atom stereocenters. The molecule has 9 heteroatoms. The molecular weight excluding hydrogens is 435 g/mol. The Kier molecular flexibility index (Phi) is 9.05. The van der Waals surface area contributed by atoms with Crippen LogP contribution < -0.4 is 19.5 Å². The van der Waals surface area contributed by atoms with E-state index in [9.17, 15) is 17.6 Å². The third-order valence-corrected chi connectivity index (χ3v) is 5.04. The fraction of sp³-hybridized carbons (Fsp3) is 0.348. The highest BCUT2D eigenvalue weighted by atomic mass is 32.2. The van der Waals surface area contributed by atoms with Gasteiger partial charge in [-0.05, 0) is 47.9 Å². The molecule has 0 bridgehead atoms. The molecule has 0 aliphatic carbocycles. The quantitative estimate of drug-likeness (QED) is 0.559. The Morgan fingerprint density at radius 1 is 1.12 bits per heavy atom. The molecule has 0 heterocycles. The highest BCUT2D eigenvalue weighted by Gasteiger charge is 2.25. The number of hydrogen-bond acceptors (Lipinski definition) is 5. The second-order valence-electron chi connectivity index (χ2n) is 7.41. The van der Waals surface area contributed by atoms with Crippen molar-refractivity contribution in [1.29, 1.82) is 0 Å². The lowest BCUT2D eigenvalue weighted by Crippen LogP contribution is -2.49. The maximum atomic E-state index is 12.9. The summed E-state index contributed by atoms with van der Waals surface area (Å²) in [5.41, 5.74) is 1.43. The first-order valence-corrected chi connectivity index (χ1v) is 11.8. The van der Waals surface area contributed by atoms with Gasteiger partial charge in [0.15, 0.2) is 11.5 Å². The van der Waals surface area contributed by atoms with Crippen LogP contribution in [0.5, 0.6) is 11.5 Å². The molecule has 0 aliphatic heterocycles. The third kappa shape index (κ3) is 8.21. The number of carbonyl (C=O) groups excluding carboxylic acids is 1. The van der Waals surface area contributed by atoms with Gasteiger partial charge in [0.05, 0.1) is 13.4 Å². The lowest BCUT2D eigenvalue weighted by molar-refractivity contribution is -0.123. The molecule has 0 saturated heterocycles. The zero-order valence-electron chi connectivity index (χ0n) is 18.4. The van der Waals surface area contributed by atoms with Crippen molar-refractivity contribution in [3.63, 3.8) is 0 Å². The van der Waals surface area contributed by atoms with Crippen LogP contribution in [0.25, 0.3) is 0 Å². The number of sulfonamides is 1. The molecule has 1 amide bonds. The van der Waals surface area contributed by atoms with Crippen molar-refractivity contribution in [3.05, 3.63) is 59.4 Å². The minimum Gasteiger partial charge on any atom is -0.493 e. The molecule has 0 fully saturated rings. The summed E-state index contributed by atoms with van der Waals surface area (Å²) < 4.78 is 49.3.